The second-order valence-electron chi connectivity index (χ2n) is 6.99. The van der Waals surface area contributed by atoms with E-state index in [2.05, 4.69) is 20.3 Å². The third-order valence-electron chi connectivity index (χ3n) is 5.18. The first kappa shape index (κ1) is 20.3. The molecule has 0 unspecified atom stereocenters. The molecule has 31 heavy (non-hydrogen) atoms. The Morgan fingerprint density at radius 2 is 1.81 bits per heavy atom. The number of aromatic nitrogens is 5. The summed E-state index contributed by atoms with van der Waals surface area (Å²) in [4.78, 5) is 33.6. The predicted octanol–water partition coefficient (Wildman–Crippen LogP) is 2.88. The van der Waals surface area contributed by atoms with Crippen molar-refractivity contribution in [3.63, 3.8) is 0 Å². The van der Waals surface area contributed by atoms with Crippen molar-refractivity contribution >= 4 is 23.1 Å². The van der Waals surface area contributed by atoms with Gasteiger partial charge in [-0.15, -0.1) is 5.10 Å². The maximum Gasteiger partial charge on any atom is 0.276 e. The van der Waals surface area contributed by atoms with Gasteiger partial charge in [0.2, 0.25) is 0 Å². The van der Waals surface area contributed by atoms with Gasteiger partial charge in [0, 0.05) is 43.7 Å². The van der Waals surface area contributed by atoms with Gasteiger partial charge in [0.05, 0.1) is 11.8 Å². The number of carbonyl (C=O) groups excluding carboxylic acids is 2. The van der Waals surface area contributed by atoms with Crippen LogP contribution >= 0.6 is 0 Å². The molecule has 1 aromatic carbocycles. The molecule has 9 heteroatoms. The molecule has 4 aromatic rings. The fourth-order valence-corrected chi connectivity index (χ4v) is 3.37. The minimum Gasteiger partial charge on any atom is -0.339 e. The molecule has 2 amide bonds. The molecule has 0 aliphatic rings. The van der Waals surface area contributed by atoms with Crippen molar-refractivity contribution in [2.75, 3.05) is 25.0 Å². The number of anilines is 1. The Morgan fingerprint density at radius 1 is 1.06 bits per heavy atom. The van der Waals surface area contributed by atoms with Crippen LogP contribution in [0.25, 0.3) is 17.0 Å². The summed E-state index contributed by atoms with van der Waals surface area (Å²) in [6, 6.07) is 13.2. The van der Waals surface area contributed by atoms with E-state index in [0.29, 0.717) is 30.2 Å². The smallest absolute Gasteiger partial charge is 0.276 e. The number of hydrogen-bond donors (Lipinski definition) is 1. The zero-order valence-electron chi connectivity index (χ0n) is 17.6. The van der Waals surface area contributed by atoms with Crippen LogP contribution in [0.5, 0.6) is 0 Å². The Balaban J connectivity index is 1.63. The van der Waals surface area contributed by atoms with Crippen LogP contribution in [0.3, 0.4) is 0 Å². The van der Waals surface area contributed by atoms with E-state index in [9.17, 15) is 9.59 Å². The standard InChI is InChI=1S/C22H23N7O2/c1-4-28(5-2)21(30)17-14-23-25-19(17)22(31)27(3)16-11-12-29-18(13-16)24-20(26-29)15-9-7-6-8-10-15/h6-14H,4-5H2,1-3H3,(H,23,25). The monoisotopic (exact) mass is 417 g/mol. The predicted molar refractivity (Wildman–Crippen MR) is 117 cm³/mol. The van der Waals surface area contributed by atoms with Crippen LogP contribution in [0, 0.1) is 0 Å². The van der Waals surface area contributed by atoms with Crippen LogP contribution in [-0.2, 0) is 0 Å². The minimum absolute atomic E-state index is 0.158. The number of pyridine rings is 1. The van der Waals surface area contributed by atoms with Crippen LogP contribution in [-0.4, -0.2) is 61.6 Å². The fraction of sp³-hybridized carbons (Fsp3) is 0.227. The Hall–Kier alpha value is -4.01. The molecule has 0 aliphatic heterocycles. The lowest BCUT2D eigenvalue weighted by Crippen LogP contribution is -2.33. The summed E-state index contributed by atoms with van der Waals surface area (Å²) in [5, 5.41) is 11.1. The van der Waals surface area contributed by atoms with Crippen molar-refractivity contribution in [3.8, 4) is 11.4 Å². The van der Waals surface area contributed by atoms with Crippen molar-refractivity contribution in [2.45, 2.75) is 13.8 Å². The number of nitrogens with one attached hydrogen (secondary N) is 1. The van der Waals surface area contributed by atoms with Crippen LogP contribution in [0.4, 0.5) is 5.69 Å². The first-order chi connectivity index (χ1) is 15.0. The second kappa shape index (κ2) is 8.39. The van der Waals surface area contributed by atoms with Crippen molar-refractivity contribution in [2.24, 2.45) is 0 Å². The first-order valence-corrected chi connectivity index (χ1v) is 10.1. The number of carbonyl (C=O) groups is 2. The third kappa shape index (κ3) is 3.77. The number of H-pyrrole nitrogens is 1. The topological polar surface area (TPSA) is 99.5 Å². The quantitative estimate of drug-likeness (QED) is 0.520. The molecule has 4 rings (SSSR count). The van der Waals surface area contributed by atoms with E-state index in [-0.39, 0.29) is 23.1 Å². The molecule has 0 atom stereocenters. The van der Waals surface area contributed by atoms with Crippen molar-refractivity contribution in [3.05, 3.63) is 66.1 Å². The van der Waals surface area contributed by atoms with Gasteiger partial charge in [-0.05, 0) is 19.9 Å². The summed E-state index contributed by atoms with van der Waals surface area (Å²) >= 11 is 0. The van der Waals surface area contributed by atoms with Crippen LogP contribution in [0.15, 0.2) is 54.9 Å². The minimum atomic E-state index is -0.361. The van der Waals surface area contributed by atoms with E-state index in [1.54, 1.807) is 34.8 Å². The number of rotatable bonds is 6. The number of hydrogen-bond acceptors (Lipinski definition) is 5. The summed E-state index contributed by atoms with van der Waals surface area (Å²) in [5.74, 6) is 0.0171. The maximum atomic E-state index is 13.1. The first-order valence-electron chi connectivity index (χ1n) is 10.1. The number of nitrogens with zero attached hydrogens (tertiary/aromatic N) is 6. The summed E-state index contributed by atoms with van der Waals surface area (Å²) < 4.78 is 1.66. The van der Waals surface area contributed by atoms with Gasteiger partial charge in [-0.3, -0.25) is 14.7 Å². The molecular weight excluding hydrogens is 394 g/mol. The number of benzene rings is 1. The van der Waals surface area contributed by atoms with Crippen molar-refractivity contribution in [1.82, 2.24) is 29.7 Å². The van der Waals surface area contributed by atoms with Crippen LogP contribution in [0.2, 0.25) is 0 Å². The highest BCUT2D eigenvalue weighted by Crippen LogP contribution is 2.21. The van der Waals surface area contributed by atoms with E-state index in [1.165, 1.54) is 11.1 Å². The van der Waals surface area contributed by atoms with Gasteiger partial charge in [0.25, 0.3) is 11.8 Å². The summed E-state index contributed by atoms with van der Waals surface area (Å²) in [6.45, 7) is 4.90. The zero-order valence-corrected chi connectivity index (χ0v) is 17.6. The molecule has 3 heterocycles. The second-order valence-corrected chi connectivity index (χ2v) is 6.99. The molecule has 1 N–H and O–H groups in total. The zero-order chi connectivity index (χ0) is 22.0. The molecule has 0 radical (unpaired) electrons. The molecule has 0 aliphatic carbocycles. The average Bonchev–Trinajstić information content (AvgIpc) is 3.46. The van der Waals surface area contributed by atoms with Crippen molar-refractivity contribution < 1.29 is 9.59 Å². The maximum absolute atomic E-state index is 13.1. The average molecular weight is 417 g/mol. The number of fused-ring (bicyclic) bond motifs is 1. The van der Waals surface area contributed by atoms with Gasteiger partial charge in [-0.25, -0.2) is 9.50 Å². The molecule has 158 valence electrons. The van der Waals surface area contributed by atoms with Crippen LogP contribution < -0.4 is 4.90 Å². The SMILES string of the molecule is CCN(CC)C(=O)c1cn[nH]c1C(=O)N(C)c1ccn2nc(-c3ccccc3)nc2c1. The van der Waals surface area contributed by atoms with Gasteiger partial charge >= 0.3 is 0 Å². The van der Waals surface area contributed by atoms with E-state index in [1.807, 2.05) is 44.2 Å². The lowest BCUT2D eigenvalue weighted by molar-refractivity contribution is 0.0767. The van der Waals surface area contributed by atoms with Crippen LogP contribution in [0.1, 0.15) is 34.7 Å². The number of aromatic amines is 1. The lowest BCUT2D eigenvalue weighted by atomic mass is 10.2. The van der Waals surface area contributed by atoms with E-state index < -0.39 is 0 Å². The van der Waals surface area contributed by atoms with E-state index in [4.69, 9.17) is 0 Å². The lowest BCUT2D eigenvalue weighted by Gasteiger charge is -2.20. The summed E-state index contributed by atoms with van der Waals surface area (Å²) in [7, 11) is 1.65. The van der Waals surface area contributed by atoms with Crippen molar-refractivity contribution in [1.29, 1.82) is 0 Å². The summed E-state index contributed by atoms with van der Waals surface area (Å²) in [5.41, 5.74) is 2.57. The molecule has 0 fully saturated rings. The Kier molecular flexibility index (Phi) is 5.48. The Labute approximate surface area is 179 Å². The van der Waals surface area contributed by atoms with E-state index in [0.717, 1.165) is 5.56 Å². The Morgan fingerprint density at radius 3 is 2.52 bits per heavy atom. The third-order valence-corrected chi connectivity index (χ3v) is 5.18. The largest absolute Gasteiger partial charge is 0.339 e. The fourth-order valence-electron chi connectivity index (χ4n) is 3.37. The molecule has 0 saturated heterocycles. The highest BCUT2D eigenvalue weighted by atomic mass is 16.2. The molecule has 0 spiro atoms. The highest BCUT2D eigenvalue weighted by Gasteiger charge is 2.25. The van der Waals surface area contributed by atoms with E-state index >= 15 is 0 Å². The van der Waals surface area contributed by atoms with Gasteiger partial charge < -0.3 is 9.80 Å². The molecule has 3 aromatic heterocycles. The highest BCUT2D eigenvalue weighted by molar-refractivity contribution is 6.11. The molecular formula is C22H23N7O2. The molecule has 0 saturated carbocycles. The summed E-state index contributed by atoms with van der Waals surface area (Å²) in [6.07, 6.45) is 3.15. The van der Waals surface area contributed by atoms with Gasteiger partial charge in [-0.1, -0.05) is 30.3 Å². The van der Waals surface area contributed by atoms with Gasteiger partial charge in [-0.2, -0.15) is 5.10 Å². The molecule has 9 nitrogen and oxygen atoms in total. The Bertz CT molecular complexity index is 1230. The normalized spacial score (nSPS) is 10.9. The molecule has 0 bridgehead atoms. The van der Waals surface area contributed by atoms with Gasteiger partial charge in [0.15, 0.2) is 11.5 Å². The van der Waals surface area contributed by atoms with Gasteiger partial charge in [0.1, 0.15) is 5.69 Å². The number of amides is 2.